The summed E-state index contributed by atoms with van der Waals surface area (Å²) < 4.78 is 39.5. The van der Waals surface area contributed by atoms with Crippen LogP contribution in [0.5, 0.6) is 0 Å². The summed E-state index contributed by atoms with van der Waals surface area (Å²) >= 11 is 0. The molecule has 0 unspecified atom stereocenters. The zero-order valence-electron chi connectivity index (χ0n) is 20.3. The Hall–Kier alpha value is -3.27. The first kappa shape index (κ1) is 25.8. The number of fused-ring (bicyclic) bond motifs is 3. The minimum Gasteiger partial charge on any atom is -0.387 e. The maximum atomic E-state index is 14.3. The van der Waals surface area contributed by atoms with Gasteiger partial charge in [0.15, 0.2) is 0 Å². The van der Waals surface area contributed by atoms with Crippen LogP contribution in [0.4, 0.5) is 10.1 Å². The molecule has 0 aliphatic carbocycles. The molecule has 1 fully saturated rings. The predicted octanol–water partition coefficient (Wildman–Crippen LogP) is 2.21. The monoisotopic (exact) mass is 516 g/mol. The van der Waals surface area contributed by atoms with Crippen LogP contribution in [0.2, 0.25) is 0 Å². The van der Waals surface area contributed by atoms with Crippen molar-refractivity contribution >= 4 is 32.5 Å². The Labute approximate surface area is 208 Å². The Morgan fingerprint density at radius 1 is 1.39 bits per heavy atom. The van der Waals surface area contributed by atoms with Crippen LogP contribution in [0.3, 0.4) is 0 Å². The van der Waals surface area contributed by atoms with Crippen LogP contribution < -0.4 is 10.6 Å². The van der Waals surface area contributed by atoms with Crippen LogP contribution in [0.25, 0.3) is 22.3 Å². The number of halogens is 1. The summed E-state index contributed by atoms with van der Waals surface area (Å²) in [5, 5.41) is 25.8. The molecule has 3 aliphatic heterocycles. The molecule has 4 rings (SSSR count). The quantitative estimate of drug-likeness (QED) is 0.376. The number of carbonyl (C=O) groups is 1. The highest BCUT2D eigenvalue weighted by Crippen LogP contribution is 2.38. The topological polar surface area (TPSA) is 151 Å². The summed E-state index contributed by atoms with van der Waals surface area (Å²) in [6.45, 7) is 2.96. The highest BCUT2D eigenvalue weighted by Gasteiger charge is 2.30. The van der Waals surface area contributed by atoms with E-state index in [1.54, 1.807) is 18.2 Å². The van der Waals surface area contributed by atoms with E-state index in [1.165, 1.54) is 30.6 Å². The summed E-state index contributed by atoms with van der Waals surface area (Å²) in [4.78, 5) is 20.9. The van der Waals surface area contributed by atoms with E-state index in [1.807, 2.05) is 0 Å². The van der Waals surface area contributed by atoms with Gasteiger partial charge in [-0.2, -0.15) is 5.26 Å². The third-order valence-electron chi connectivity index (χ3n) is 6.46. The molecule has 1 amide bonds. The van der Waals surface area contributed by atoms with Gasteiger partial charge in [-0.1, -0.05) is 0 Å². The molecule has 3 aliphatic rings. The number of aromatic amines is 1. The van der Waals surface area contributed by atoms with Gasteiger partial charge in [-0.25, -0.2) is 22.1 Å². The minimum atomic E-state index is -3.29. The van der Waals surface area contributed by atoms with E-state index in [2.05, 4.69) is 26.7 Å². The number of amides is 1. The van der Waals surface area contributed by atoms with Crippen molar-refractivity contribution in [3.63, 3.8) is 0 Å². The van der Waals surface area contributed by atoms with Crippen LogP contribution in [0, 0.1) is 11.3 Å². The molecule has 10 nitrogen and oxygen atoms in total. The number of aromatic nitrogens is 2. The van der Waals surface area contributed by atoms with Crippen LogP contribution in [0.15, 0.2) is 24.4 Å². The summed E-state index contributed by atoms with van der Waals surface area (Å²) in [7, 11) is -3.29. The number of sulfonamides is 1. The number of hydrogen-bond acceptors (Lipinski definition) is 7. The zero-order valence-corrected chi connectivity index (χ0v) is 21.1. The van der Waals surface area contributed by atoms with E-state index >= 15 is 0 Å². The van der Waals surface area contributed by atoms with Crippen LogP contribution >= 0.6 is 0 Å². The molecule has 1 saturated heterocycles. The Balaban J connectivity index is 1.69. The average Bonchev–Trinajstić information content (AvgIpc) is 3.19. The molecule has 12 heteroatoms. The molecule has 0 bridgehead atoms. The van der Waals surface area contributed by atoms with Crippen molar-refractivity contribution < 1.29 is 22.7 Å². The number of hydrogen-bond donors (Lipinski definition) is 4. The second kappa shape index (κ2) is 9.65. The number of pyridine rings is 1. The molecule has 1 aromatic carbocycles. The lowest BCUT2D eigenvalue weighted by Crippen LogP contribution is -2.43. The molecule has 0 saturated carbocycles. The third kappa shape index (κ3) is 5.28. The lowest BCUT2D eigenvalue weighted by molar-refractivity contribution is -0.00177. The second-order valence-corrected chi connectivity index (χ2v) is 11.7. The fourth-order valence-electron chi connectivity index (χ4n) is 4.27. The highest BCUT2D eigenvalue weighted by atomic mass is 32.2. The van der Waals surface area contributed by atoms with Crippen molar-refractivity contribution in [3.05, 3.63) is 35.5 Å². The van der Waals surface area contributed by atoms with Crippen LogP contribution in [0.1, 0.15) is 42.6 Å². The largest absolute Gasteiger partial charge is 0.387 e. The maximum absolute atomic E-state index is 14.3. The number of alkyl halides is 1. The summed E-state index contributed by atoms with van der Waals surface area (Å²) in [6, 6.07) is 7.09. The Bertz CT molecular complexity index is 1400. The van der Waals surface area contributed by atoms with Gasteiger partial charge in [0.05, 0.1) is 52.5 Å². The molecular formula is C24H29FN6O4S. The molecule has 3 heterocycles. The molecule has 0 spiro atoms. The Morgan fingerprint density at radius 3 is 2.69 bits per heavy atom. The number of nitriles is 1. The number of nitrogens with zero attached hydrogens (tertiary/aromatic N) is 3. The van der Waals surface area contributed by atoms with E-state index in [-0.39, 0.29) is 18.2 Å². The normalized spacial score (nSPS) is 16.7. The number of rotatable bonds is 7. The van der Waals surface area contributed by atoms with Gasteiger partial charge in [-0.15, -0.1) is 0 Å². The first-order chi connectivity index (χ1) is 16.9. The molecule has 1 aromatic rings. The standard InChI is InChI=1S/C24H29FN6O4S/c1-24(2,33)19(25)13-28-23(32)17-12-27-20-16-5-4-14(11-26)10-18(16)30-22(20)21(17)29-15-6-8-31(9-7-15)36(3,34)35/h4-5,10,12,15,19,27,29,33H,6-9,13H2,1-3H3,(H,28,32)/t19-/m1/s1. The average molecular weight is 517 g/mol. The molecule has 1 atom stereocenters. The van der Waals surface area contributed by atoms with Crippen molar-refractivity contribution in [1.29, 1.82) is 5.26 Å². The number of aliphatic hydroxyl groups is 1. The number of nitrogens with one attached hydrogen (secondary N) is 3. The molecule has 36 heavy (non-hydrogen) atoms. The van der Waals surface area contributed by atoms with Crippen LogP contribution in [-0.4, -0.2) is 77.4 Å². The van der Waals surface area contributed by atoms with Gasteiger partial charge < -0.3 is 20.7 Å². The van der Waals surface area contributed by atoms with E-state index in [9.17, 15) is 28.0 Å². The van der Waals surface area contributed by atoms with E-state index in [0.29, 0.717) is 54.1 Å². The van der Waals surface area contributed by atoms with Gasteiger partial charge in [0, 0.05) is 30.7 Å². The summed E-state index contributed by atoms with van der Waals surface area (Å²) in [5.74, 6) is -0.555. The van der Waals surface area contributed by atoms with E-state index in [0.717, 1.165) is 5.39 Å². The smallest absolute Gasteiger partial charge is 0.255 e. The number of anilines is 1. The van der Waals surface area contributed by atoms with Gasteiger partial charge in [0.1, 0.15) is 11.9 Å². The SMILES string of the molecule is CC(C)(O)[C@H](F)CNC(=O)c1c[nH]c2c3ccc(C#N)cc3nc-2c1NC1CCN(S(C)(=O)=O)CC1. The molecular weight excluding hydrogens is 487 g/mol. The van der Waals surface area contributed by atoms with Crippen molar-refractivity contribution in [1.82, 2.24) is 19.6 Å². The van der Waals surface area contributed by atoms with Gasteiger partial charge in [0.2, 0.25) is 10.0 Å². The van der Waals surface area contributed by atoms with Crippen molar-refractivity contribution in [2.75, 3.05) is 31.2 Å². The van der Waals surface area contributed by atoms with E-state index < -0.39 is 27.7 Å². The molecule has 0 radical (unpaired) electrons. The third-order valence-corrected chi connectivity index (χ3v) is 7.76. The summed E-state index contributed by atoms with van der Waals surface area (Å²) in [5.41, 5.74) is 1.22. The van der Waals surface area contributed by atoms with Gasteiger partial charge in [0.25, 0.3) is 5.91 Å². The molecule has 0 aromatic heterocycles. The number of piperidine rings is 1. The fourth-order valence-corrected chi connectivity index (χ4v) is 5.14. The van der Waals surface area contributed by atoms with Crippen molar-refractivity contribution in [3.8, 4) is 17.5 Å². The molecule has 192 valence electrons. The van der Waals surface area contributed by atoms with Gasteiger partial charge >= 0.3 is 0 Å². The first-order valence-corrected chi connectivity index (χ1v) is 13.4. The lowest BCUT2D eigenvalue weighted by atomic mass is 10.0. The minimum absolute atomic E-state index is 0.125. The Morgan fingerprint density at radius 2 is 2.08 bits per heavy atom. The number of carbonyl (C=O) groups excluding carboxylic acids is 1. The van der Waals surface area contributed by atoms with Crippen molar-refractivity contribution in [2.24, 2.45) is 0 Å². The van der Waals surface area contributed by atoms with Crippen LogP contribution in [-0.2, 0) is 10.0 Å². The fraction of sp³-hybridized carbons (Fsp3) is 0.458. The molecule has 4 N–H and O–H groups in total. The summed E-state index contributed by atoms with van der Waals surface area (Å²) in [6.07, 6.45) is 2.08. The predicted molar refractivity (Wildman–Crippen MR) is 134 cm³/mol. The number of benzene rings is 1. The maximum Gasteiger partial charge on any atom is 0.255 e. The Kier molecular flexibility index (Phi) is 6.92. The highest BCUT2D eigenvalue weighted by molar-refractivity contribution is 7.88. The lowest BCUT2D eigenvalue weighted by Gasteiger charge is -2.32. The van der Waals surface area contributed by atoms with Gasteiger partial charge in [-0.3, -0.25) is 4.79 Å². The van der Waals surface area contributed by atoms with E-state index in [4.69, 9.17) is 0 Å². The van der Waals surface area contributed by atoms with Gasteiger partial charge in [-0.05, 0) is 44.9 Å². The van der Waals surface area contributed by atoms with Crippen molar-refractivity contribution in [2.45, 2.75) is 44.5 Å². The zero-order chi connectivity index (χ0) is 26.3. The second-order valence-electron chi connectivity index (χ2n) is 9.67. The number of H-pyrrole nitrogens is 1. The first-order valence-electron chi connectivity index (χ1n) is 11.6.